The molecule has 3 aliphatic heterocycles. The summed E-state index contributed by atoms with van der Waals surface area (Å²) in [4.78, 5) is 2.52. The van der Waals surface area contributed by atoms with E-state index in [1.54, 1.807) is 19.2 Å². The molecule has 0 bridgehead atoms. The van der Waals surface area contributed by atoms with Gasteiger partial charge in [-0.2, -0.15) is 5.10 Å². The van der Waals surface area contributed by atoms with E-state index in [0.717, 1.165) is 67.2 Å². The van der Waals surface area contributed by atoms with Gasteiger partial charge in [-0.1, -0.05) is 19.1 Å². The first-order valence-corrected chi connectivity index (χ1v) is 10.9. The molecule has 6 heteroatoms. The molecule has 0 aliphatic carbocycles. The Morgan fingerprint density at radius 2 is 1.93 bits per heavy atom. The number of nitrogens with zero attached hydrogens (tertiary/aromatic N) is 3. The second kappa shape index (κ2) is 7.51. The predicted molar refractivity (Wildman–Crippen MR) is 116 cm³/mol. The predicted octanol–water partition coefficient (Wildman–Crippen LogP) is 4.15. The van der Waals surface area contributed by atoms with E-state index in [9.17, 15) is 5.11 Å². The molecule has 30 heavy (non-hydrogen) atoms. The van der Waals surface area contributed by atoms with Crippen molar-refractivity contribution in [3.05, 3.63) is 53.6 Å². The maximum atomic E-state index is 9.67. The van der Waals surface area contributed by atoms with Gasteiger partial charge in [-0.3, -0.25) is 0 Å². The molecule has 3 heterocycles. The van der Waals surface area contributed by atoms with Gasteiger partial charge in [0.25, 0.3) is 0 Å². The lowest BCUT2D eigenvalue weighted by Gasteiger charge is -2.51. The molecule has 2 aromatic rings. The fourth-order valence-electron chi connectivity index (χ4n) is 5.03. The summed E-state index contributed by atoms with van der Waals surface area (Å²) in [5, 5.41) is 17.0. The first-order valence-electron chi connectivity index (χ1n) is 10.9. The van der Waals surface area contributed by atoms with Crippen molar-refractivity contribution >= 4 is 5.71 Å². The zero-order chi connectivity index (χ0) is 20.7. The Kier molecular flexibility index (Phi) is 4.82. The maximum Gasteiger partial charge on any atom is 0.200 e. The van der Waals surface area contributed by atoms with Gasteiger partial charge in [0.1, 0.15) is 5.75 Å². The molecule has 0 amide bonds. The van der Waals surface area contributed by atoms with Gasteiger partial charge in [0.05, 0.1) is 18.9 Å². The molecule has 1 N–H and O–H groups in total. The molecule has 0 aromatic heterocycles. The summed E-state index contributed by atoms with van der Waals surface area (Å²) in [7, 11) is 1.70. The van der Waals surface area contributed by atoms with E-state index in [-0.39, 0.29) is 11.8 Å². The fraction of sp³-hybridized carbons (Fsp3) is 0.458. The van der Waals surface area contributed by atoms with Crippen molar-refractivity contribution in [3.63, 3.8) is 0 Å². The van der Waals surface area contributed by atoms with E-state index >= 15 is 0 Å². The van der Waals surface area contributed by atoms with Crippen LogP contribution in [0.2, 0.25) is 0 Å². The van der Waals surface area contributed by atoms with Gasteiger partial charge in [-0.15, -0.1) is 0 Å². The fourth-order valence-corrected chi connectivity index (χ4v) is 5.03. The number of benzene rings is 2. The number of piperidine rings is 1. The third-order valence-electron chi connectivity index (χ3n) is 6.59. The Labute approximate surface area is 177 Å². The smallest absolute Gasteiger partial charge is 0.200 e. The summed E-state index contributed by atoms with van der Waals surface area (Å²) in [5.74, 6) is 1.93. The second-order valence-corrected chi connectivity index (χ2v) is 8.43. The number of rotatable bonds is 4. The van der Waals surface area contributed by atoms with Crippen LogP contribution in [0, 0.1) is 0 Å². The third kappa shape index (κ3) is 3.10. The van der Waals surface area contributed by atoms with Crippen LogP contribution in [0.1, 0.15) is 49.8 Å². The number of hydrogen-bond acceptors (Lipinski definition) is 6. The van der Waals surface area contributed by atoms with Gasteiger partial charge in [-0.05, 0) is 48.9 Å². The van der Waals surface area contributed by atoms with Crippen LogP contribution in [0.3, 0.4) is 0 Å². The molecule has 1 unspecified atom stereocenters. The highest BCUT2D eigenvalue weighted by Gasteiger charge is 2.52. The number of fused-ring (bicyclic) bond motifs is 4. The average molecular weight is 408 g/mol. The van der Waals surface area contributed by atoms with Crippen molar-refractivity contribution in [2.24, 2.45) is 5.10 Å². The van der Waals surface area contributed by atoms with Crippen molar-refractivity contribution in [2.45, 2.75) is 44.4 Å². The van der Waals surface area contributed by atoms with Gasteiger partial charge < -0.3 is 19.5 Å². The second-order valence-electron chi connectivity index (χ2n) is 8.43. The van der Waals surface area contributed by atoms with E-state index in [4.69, 9.17) is 14.6 Å². The SMILES string of the molecule is CCCN1CCC2(CC1)Oc1c(OC)cccc1C1CC(c3ccc(O)cc3)=NN12. The van der Waals surface area contributed by atoms with Gasteiger partial charge in [0, 0.05) is 37.9 Å². The maximum absolute atomic E-state index is 9.67. The van der Waals surface area contributed by atoms with E-state index < -0.39 is 5.72 Å². The van der Waals surface area contributed by atoms with Gasteiger partial charge >= 0.3 is 0 Å². The van der Waals surface area contributed by atoms with Gasteiger partial charge in [-0.25, -0.2) is 5.01 Å². The number of phenols is 1. The molecule has 158 valence electrons. The molecule has 0 saturated carbocycles. The summed E-state index contributed by atoms with van der Waals surface area (Å²) in [6, 6.07) is 13.6. The molecule has 0 radical (unpaired) electrons. The lowest BCUT2D eigenvalue weighted by Crippen LogP contribution is -2.59. The molecule has 1 saturated heterocycles. The summed E-state index contributed by atoms with van der Waals surface area (Å²) in [6.07, 6.45) is 3.80. The van der Waals surface area contributed by atoms with Crippen LogP contribution in [0.15, 0.2) is 47.6 Å². The minimum absolute atomic E-state index is 0.130. The van der Waals surface area contributed by atoms with Crippen LogP contribution in [-0.2, 0) is 0 Å². The monoisotopic (exact) mass is 407 g/mol. The minimum Gasteiger partial charge on any atom is -0.508 e. The lowest BCUT2D eigenvalue weighted by molar-refractivity contribution is -0.150. The number of ether oxygens (including phenoxy) is 2. The quantitative estimate of drug-likeness (QED) is 0.825. The Hall–Kier alpha value is -2.73. The molecule has 2 aromatic carbocycles. The van der Waals surface area contributed by atoms with Crippen LogP contribution in [0.4, 0.5) is 0 Å². The van der Waals surface area contributed by atoms with E-state index in [1.807, 2.05) is 24.3 Å². The number of likely N-dealkylation sites (tertiary alicyclic amines) is 1. The summed E-state index contributed by atoms with van der Waals surface area (Å²) in [5.41, 5.74) is 2.77. The molecule has 1 atom stereocenters. The van der Waals surface area contributed by atoms with Crippen molar-refractivity contribution < 1.29 is 14.6 Å². The molecule has 1 spiro atoms. The number of aromatic hydroxyl groups is 1. The number of hydrazone groups is 1. The average Bonchev–Trinajstić information content (AvgIpc) is 3.23. The van der Waals surface area contributed by atoms with Crippen LogP contribution in [0.25, 0.3) is 0 Å². The highest BCUT2D eigenvalue weighted by Crippen LogP contribution is 2.52. The first kappa shape index (κ1) is 19.2. The summed E-state index contributed by atoms with van der Waals surface area (Å²) < 4.78 is 12.4. The number of phenolic OH excluding ortho intramolecular Hbond substituents is 1. The summed E-state index contributed by atoms with van der Waals surface area (Å²) >= 11 is 0. The van der Waals surface area contributed by atoms with Crippen molar-refractivity contribution in [3.8, 4) is 17.2 Å². The Morgan fingerprint density at radius 1 is 1.17 bits per heavy atom. The third-order valence-corrected chi connectivity index (χ3v) is 6.59. The van der Waals surface area contributed by atoms with Crippen LogP contribution < -0.4 is 9.47 Å². The van der Waals surface area contributed by atoms with Crippen molar-refractivity contribution in [1.82, 2.24) is 9.91 Å². The Balaban J connectivity index is 1.54. The van der Waals surface area contributed by atoms with Crippen LogP contribution >= 0.6 is 0 Å². The van der Waals surface area contributed by atoms with E-state index in [0.29, 0.717) is 0 Å². The topological polar surface area (TPSA) is 57.5 Å². The van der Waals surface area contributed by atoms with Crippen LogP contribution in [-0.4, -0.2) is 53.2 Å². The highest BCUT2D eigenvalue weighted by molar-refractivity contribution is 6.02. The largest absolute Gasteiger partial charge is 0.508 e. The normalized spacial score (nSPS) is 22.3. The molecule has 6 nitrogen and oxygen atoms in total. The molecule has 1 fully saturated rings. The van der Waals surface area contributed by atoms with Gasteiger partial charge in [0.2, 0.25) is 5.72 Å². The van der Waals surface area contributed by atoms with E-state index in [1.165, 1.54) is 6.42 Å². The van der Waals surface area contributed by atoms with Crippen molar-refractivity contribution in [2.75, 3.05) is 26.7 Å². The van der Waals surface area contributed by atoms with Crippen LogP contribution in [0.5, 0.6) is 17.2 Å². The zero-order valence-corrected chi connectivity index (χ0v) is 17.7. The molecular weight excluding hydrogens is 378 g/mol. The summed E-state index contributed by atoms with van der Waals surface area (Å²) in [6.45, 7) is 5.37. The first-order chi connectivity index (χ1) is 14.6. The van der Waals surface area contributed by atoms with E-state index in [2.05, 4.69) is 22.9 Å². The van der Waals surface area contributed by atoms with Crippen molar-refractivity contribution in [1.29, 1.82) is 0 Å². The highest BCUT2D eigenvalue weighted by atomic mass is 16.5. The molecule has 5 rings (SSSR count). The Morgan fingerprint density at radius 3 is 2.63 bits per heavy atom. The zero-order valence-electron chi connectivity index (χ0n) is 17.7. The van der Waals surface area contributed by atoms with Gasteiger partial charge in [0.15, 0.2) is 11.5 Å². The Bertz CT molecular complexity index is 949. The minimum atomic E-state index is -0.449. The standard InChI is InChI=1S/C24H29N3O3/c1-3-13-26-14-11-24(12-15-26)27-21(19-5-4-6-22(29-2)23(19)30-24)16-20(25-27)17-7-9-18(28)10-8-17/h4-10,21,28H,3,11-16H2,1-2H3. The molecular formula is C24H29N3O3. The number of hydrogen-bond donors (Lipinski definition) is 1. The lowest BCUT2D eigenvalue weighted by atomic mass is 9.90. The number of methoxy groups -OCH3 is 1. The molecule has 3 aliphatic rings. The number of para-hydroxylation sites is 1.